The molecule has 216 valence electrons. The van der Waals surface area contributed by atoms with Crippen LogP contribution in [0, 0.1) is 5.82 Å². The average molecular weight is 581 g/mol. The maximum atomic E-state index is 15.1. The summed E-state index contributed by atoms with van der Waals surface area (Å²) in [5.74, 6) is -3.80. The number of nitrogens with one attached hydrogen (secondary N) is 2. The summed E-state index contributed by atoms with van der Waals surface area (Å²) in [4.78, 5) is 28.6. The van der Waals surface area contributed by atoms with Gasteiger partial charge in [-0.3, -0.25) is 14.6 Å². The molecule has 2 atom stereocenters. The minimum Gasteiger partial charge on any atom is -0.381 e. The second-order valence-corrected chi connectivity index (χ2v) is 9.99. The summed E-state index contributed by atoms with van der Waals surface area (Å²) in [6.45, 7) is 0.937. The molecule has 0 unspecified atom stereocenters. The van der Waals surface area contributed by atoms with Crippen molar-refractivity contribution in [2.45, 2.75) is 57.0 Å². The van der Waals surface area contributed by atoms with Crippen molar-refractivity contribution in [1.29, 1.82) is 0 Å². The molecular formula is C27H22F7N5O2. The van der Waals surface area contributed by atoms with Gasteiger partial charge in [-0.25, -0.2) is 22.7 Å². The van der Waals surface area contributed by atoms with E-state index >= 15 is 4.39 Å². The summed E-state index contributed by atoms with van der Waals surface area (Å²) in [7, 11) is 0. The first-order valence-electron chi connectivity index (χ1n) is 12.5. The molecule has 0 saturated heterocycles. The van der Waals surface area contributed by atoms with E-state index < -0.39 is 59.0 Å². The Balaban J connectivity index is 1.34. The van der Waals surface area contributed by atoms with Crippen LogP contribution in [0.3, 0.4) is 0 Å². The van der Waals surface area contributed by atoms with E-state index in [9.17, 15) is 35.9 Å². The highest BCUT2D eigenvalue weighted by Gasteiger charge is 2.40. The number of aryl methyl sites for hydroxylation is 1. The number of H-pyrrole nitrogens is 1. The van der Waals surface area contributed by atoms with Crippen molar-refractivity contribution >= 4 is 16.5 Å². The van der Waals surface area contributed by atoms with Gasteiger partial charge in [0.15, 0.2) is 0 Å². The van der Waals surface area contributed by atoms with Crippen LogP contribution in [0.2, 0.25) is 0 Å². The Hall–Kier alpha value is -4.23. The Morgan fingerprint density at radius 1 is 1.17 bits per heavy atom. The predicted molar refractivity (Wildman–Crippen MR) is 136 cm³/mol. The largest absolute Gasteiger partial charge is 0.423 e. The molecule has 1 aliphatic carbocycles. The molecule has 1 aromatic carbocycles. The number of pyridine rings is 2. The molecule has 3 heterocycles. The zero-order valence-electron chi connectivity index (χ0n) is 21.3. The number of hydrogen-bond acceptors (Lipinski definition) is 5. The van der Waals surface area contributed by atoms with Crippen LogP contribution in [0.4, 0.5) is 36.4 Å². The van der Waals surface area contributed by atoms with E-state index in [2.05, 4.69) is 15.4 Å². The third kappa shape index (κ3) is 5.55. The highest BCUT2D eigenvalue weighted by molar-refractivity contribution is 5.86. The number of fused-ring (bicyclic) bond motifs is 2. The SMILES string of the molecule is C[C@H](C[C@@H](F)Cn1ccc2cc(-c3cc4c(cn3)C(F)(F)CC4)c(F)cc2c1=O)Nc1cn[nH]c(=O)c1C(F)(F)F. The molecule has 5 rings (SSSR count). The van der Waals surface area contributed by atoms with Crippen LogP contribution in [0.5, 0.6) is 0 Å². The minimum atomic E-state index is -4.97. The monoisotopic (exact) mass is 581 g/mol. The van der Waals surface area contributed by atoms with Crippen LogP contribution in [0.15, 0.2) is 52.4 Å². The van der Waals surface area contributed by atoms with Crippen LogP contribution < -0.4 is 16.4 Å². The molecule has 0 bridgehead atoms. The van der Waals surface area contributed by atoms with E-state index in [0.29, 0.717) is 10.9 Å². The summed E-state index contributed by atoms with van der Waals surface area (Å²) in [5, 5.41) is 7.77. The lowest BCUT2D eigenvalue weighted by molar-refractivity contribution is -0.138. The number of benzene rings is 1. The molecule has 4 aromatic rings. The molecule has 1 aliphatic rings. The van der Waals surface area contributed by atoms with Gasteiger partial charge in [0, 0.05) is 42.4 Å². The molecule has 0 fully saturated rings. The van der Waals surface area contributed by atoms with Crippen molar-refractivity contribution in [3.63, 3.8) is 0 Å². The third-order valence-corrected chi connectivity index (χ3v) is 6.98. The van der Waals surface area contributed by atoms with E-state index in [1.54, 1.807) is 5.10 Å². The van der Waals surface area contributed by atoms with Gasteiger partial charge in [-0.2, -0.15) is 18.3 Å². The summed E-state index contributed by atoms with van der Waals surface area (Å²) in [6, 6.07) is 4.33. The molecule has 0 aliphatic heterocycles. The van der Waals surface area contributed by atoms with Crippen LogP contribution in [0.1, 0.15) is 36.5 Å². The number of halogens is 7. The molecule has 0 saturated carbocycles. The third-order valence-electron chi connectivity index (χ3n) is 6.98. The molecule has 0 amide bonds. The topological polar surface area (TPSA) is 92.7 Å². The molecule has 0 spiro atoms. The van der Waals surface area contributed by atoms with E-state index in [4.69, 9.17) is 0 Å². The Morgan fingerprint density at radius 3 is 2.66 bits per heavy atom. The number of alkyl halides is 6. The van der Waals surface area contributed by atoms with E-state index in [1.165, 1.54) is 31.3 Å². The van der Waals surface area contributed by atoms with Gasteiger partial charge in [-0.1, -0.05) is 0 Å². The number of nitrogens with zero attached hydrogens (tertiary/aromatic N) is 3. The standard InChI is InChI=1S/C27H22F7N5O2/c1-13(37-22-11-36-38-24(40)23(22)27(32,33)34)6-16(28)12-39-5-3-14-7-18(20(29)9-17(14)25(39)41)21-8-15-2-4-26(30,31)19(15)10-35-21/h3,5,7-11,13,16H,2,4,6,12H2,1H3,(H2,37,38,40)/t13-,16-/m1/s1. The second kappa shape index (κ2) is 10.3. The minimum absolute atomic E-state index is 0.0170. The van der Waals surface area contributed by atoms with Crippen LogP contribution >= 0.6 is 0 Å². The smallest absolute Gasteiger partial charge is 0.381 e. The number of hydrogen-bond donors (Lipinski definition) is 2. The highest BCUT2D eigenvalue weighted by atomic mass is 19.4. The van der Waals surface area contributed by atoms with Gasteiger partial charge in [-0.15, -0.1) is 0 Å². The molecule has 7 nitrogen and oxygen atoms in total. The van der Waals surface area contributed by atoms with Crippen LogP contribution in [0.25, 0.3) is 22.0 Å². The summed E-state index contributed by atoms with van der Waals surface area (Å²) in [6.07, 6.45) is -4.11. The van der Waals surface area contributed by atoms with Gasteiger partial charge in [0.1, 0.15) is 17.6 Å². The van der Waals surface area contributed by atoms with Crippen molar-refractivity contribution in [3.05, 3.63) is 86.1 Å². The average Bonchev–Trinajstić information content (AvgIpc) is 3.18. The van der Waals surface area contributed by atoms with Crippen LogP contribution in [-0.4, -0.2) is 32.0 Å². The highest BCUT2D eigenvalue weighted by Crippen LogP contribution is 2.42. The van der Waals surface area contributed by atoms with Gasteiger partial charge in [-0.05, 0) is 48.6 Å². The number of aromatic amines is 1. The molecule has 0 radical (unpaired) electrons. The number of rotatable bonds is 7. The first kappa shape index (κ1) is 28.3. The number of anilines is 1. The van der Waals surface area contributed by atoms with E-state index in [0.717, 1.165) is 23.0 Å². The van der Waals surface area contributed by atoms with Crippen LogP contribution in [-0.2, 0) is 25.1 Å². The molecular weight excluding hydrogens is 559 g/mol. The molecule has 3 aromatic heterocycles. The lowest BCUT2D eigenvalue weighted by atomic mass is 10.0. The number of aromatic nitrogens is 4. The molecule has 14 heteroatoms. The van der Waals surface area contributed by atoms with Crippen molar-refractivity contribution in [3.8, 4) is 11.3 Å². The van der Waals surface area contributed by atoms with Gasteiger partial charge in [0.05, 0.1) is 29.5 Å². The molecule has 2 N–H and O–H groups in total. The zero-order chi connectivity index (χ0) is 29.7. The van der Waals surface area contributed by atoms with E-state index in [1.807, 2.05) is 0 Å². The van der Waals surface area contributed by atoms with Gasteiger partial charge in [0.25, 0.3) is 17.0 Å². The fourth-order valence-electron chi connectivity index (χ4n) is 5.04. The fourth-order valence-corrected chi connectivity index (χ4v) is 5.04. The quantitative estimate of drug-likeness (QED) is 0.279. The maximum absolute atomic E-state index is 15.1. The Bertz CT molecular complexity index is 1750. The normalized spacial score (nSPS) is 16.0. The first-order chi connectivity index (χ1) is 19.2. The lowest BCUT2D eigenvalue weighted by Crippen LogP contribution is -2.30. The van der Waals surface area contributed by atoms with Gasteiger partial charge in [0.2, 0.25) is 0 Å². The molecule has 41 heavy (non-hydrogen) atoms. The first-order valence-corrected chi connectivity index (χ1v) is 12.5. The van der Waals surface area contributed by atoms with Gasteiger partial charge < -0.3 is 9.88 Å². The van der Waals surface area contributed by atoms with Crippen molar-refractivity contribution < 1.29 is 30.7 Å². The second-order valence-electron chi connectivity index (χ2n) is 9.99. The van der Waals surface area contributed by atoms with Gasteiger partial charge >= 0.3 is 6.18 Å². The van der Waals surface area contributed by atoms with Crippen molar-refractivity contribution in [2.75, 3.05) is 5.32 Å². The fraction of sp³-hybridized carbons (Fsp3) is 0.333. The Labute approximate surface area is 227 Å². The van der Waals surface area contributed by atoms with Crippen molar-refractivity contribution in [1.82, 2.24) is 19.7 Å². The summed E-state index contributed by atoms with van der Waals surface area (Å²) < 4.78 is 98.7. The lowest BCUT2D eigenvalue weighted by Gasteiger charge is -2.20. The maximum Gasteiger partial charge on any atom is 0.423 e. The predicted octanol–water partition coefficient (Wildman–Crippen LogP) is 5.57. The van der Waals surface area contributed by atoms with Crippen molar-refractivity contribution in [2.24, 2.45) is 0 Å². The zero-order valence-corrected chi connectivity index (χ0v) is 21.3. The van der Waals surface area contributed by atoms with E-state index in [-0.39, 0.29) is 41.5 Å². The summed E-state index contributed by atoms with van der Waals surface area (Å²) >= 11 is 0. The Kier molecular flexibility index (Phi) is 7.12. The summed E-state index contributed by atoms with van der Waals surface area (Å²) in [5.41, 5.74) is -3.91. The Morgan fingerprint density at radius 2 is 1.93 bits per heavy atom.